The molecule has 7 nitrogen and oxygen atoms in total. The molecule has 1 saturated carbocycles. The van der Waals surface area contributed by atoms with E-state index in [1.807, 2.05) is 56.3 Å². The standard InChI is InChI=1S/C30H43N3O4S/c1-23-13-11-18-28(24(23)2)33(38(4,36)37)21-12-19-29(34)32(22-20-26-14-7-5-8-15-26)25(3)30(35)31-27-16-9-6-10-17-27/h5,7-8,11,13-15,18,25,27H,6,9-10,12,16-17,19-22H2,1-4H3,(H,31,35)/t25-/m0/s1. The van der Waals surface area contributed by atoms with Crippen LogP contribution < -0.4 is 9.62 Å². The van der Waals surface area contributed by atoms with E-state index in [4.69, 9.17) is 0 Å². The minimum absolute atomic E-state index is 0.119. The zero-order chi connectivity index (χ0) is 27.7. The number of rotatable bonds is 12. The van der Waals surface area contributed by atoms with Crippen LogP contribution in [0.1, 0.15) is 68.6 Å². The van der Waals surface area contributed by atoms with Gasteiger partial charge in [0.15, 0.2) is 0 Å². The number of carbonyl (C=O) groups excluding carboxylic acids is 2. The van der Waals surface area contributed by atoms with Gasteiger partial charge in [0, 0.05) is 25.6 Å². The minimum atomic E-state index is -3.52. The summed E-state index contributed by atoms with van der Waals surface area (Å²) in [7, 11) is -3.52. The largest absolute Gasteiger partial charge is 0.352 e. The molecule has 0 unspecified atom stereocenters. The van der Waals surface area contributed by atoms with Crippen molar-refractivity contribution in [1.29, 1.82) is 0 Å². The lowest BCUT2D eigenvalue weighted by Crippen LogP contribution is -2.51. The summed E-state index contributed by atoms with van der Waals surface area (Å²) in [5.41, 5.74) is 3.66. The second-order valence-corrected chi connectivity index (χ2v) is 12.4. The van der Waals surface area contributed by atoms with Crippen molar-refractivity contribution >= 4 is 27.5 Å². The Bertz CT molecular complexity index is 1180. The van der Waals surface area contributed by atoms with Gasteiger partial charge in [-0.1, -0.05) is 61.7 Å². The molecular weight excluding hydrogens is 498 g/mol. The molecule has 38 heavy (non-hydrogen) atoms. The van der Waals surface area contributed by atoms with Crippen LogP contribution >= 0.6 is 0 Å². The number of hydrogen-bond donors (Lipinski definition) is 1. The highest BCUT2D eigenvalue weighted by atomic mass is 32.2. The fraction of sp³-hybridized carbons (Fsp3) is 0.533. The average Bonchev–Trinajstić information content (AvgIpc) is 2.89. The van der Waals surface area contributed by atoms with Crippen molar-refractivity contribution in [2.45, 2.75) is 84.2 Å². The molecule has 0 saturated heterocycles. The molecule has 2 aromatic carbocycles. The minimum Gasteiger partial charge on any atom is -0.352 e. The molecule has 2 amide bonds. The molecule has 0 radical (unpaired) electrons. The summed E-state index contributed by atoms with van der Waals surface area (Å²) in [4.78, 5) is 28.3. The van der Waals surface area contributed by atoms with Gasteiger partial charge in [-0.25, -0.2) is 8.42 Å². The van der Waals surface area contributed by atoms with E-state index in [2.05, 4.69) is 5.32 Å². The third-order valence-electron chi connectivity index (χ3n) is 7.60. The Hall–Kier alpha value is -2.87. The summed E-state index contributed by atoms with van der Waals surface area (Å²) >= 11 is 0. The SMILES string of the molecule is Cc1cccc(N(CCCC(=O)N(CCc2ccccc2)[C@@H](C)C(=O)NC2CCCCC2)S(C)(=O)=O)c1C. The summed E-state index contributed by atoms with van der Waals surface area (Å²) in [5, 5.41) is 3.16. The van der Waals surface area contributed by atoms with E-state index < -0.39 is 16.1 Å². The van der Waals surface area contributed by atoms with Gasteiger partial charge < -0.3 is 10.2 Å². The smallest absolute Gasteiger partial charge is 0.242 e. The highest BCUT2D eigenvalue weighted by Gasteiger charge is 2.28. The van der Waals surface area contributed by atoms with Crippen molar-refractivity contribution in [3.05, 3.63) is 65.2 Å². The van der Waals surface area contributed by atoms with E-state index in [9.17, 15) is 18.0 Å². The van der Waals surface area contributed by atoms with Crippen molar-refractivity contribution in [3.8, 4) is 0 Å². The molecule has 8 heteroatoms. The van der Waals surface area contributed by atoms with Crippen LogP contribution in [0.15, 0.2) is 48.5 Å². The first-order valence-corrected chi connectivity index (χ1v) is 15.6. The molecule has 1 fully saturated rings. The Kier molecular flexibility index (Phi) is 10.8. The quantitative estimate of drug-likeness (QED) is 0.420. The normalized spacial score (nSPS) is 15.1. The molecule has 1 atom stereocenters. The van der Waals surface area contributed by atoms with Gasteiger partial charge in [-0.2, -0.15) is 0 Å². The second-order valence-electron chi connectivity index (χ2n) is 10.5. The summed E-state index contributed by atoms with van der Waals surface area (Å²) in [6, 6.07) is 15.1. The second kappa shape index (κ2) is 13.8. The zero-order valence-electron chi connectivity index (χ0n) is 23.3. The average molecular weight is 542 g/mol. The highest BCUT2D eigenvalue weighted by molar-refractivity contribution is 7.92. The van der Waals surface area contributed by atoms with Gasteiger partial charge in [0.2, 0.25) is 21.8 Å². The van der Waals surface area contributed by atoms with Crippen molar-refractivity contribution in [2.75, 3.05) is 23.7 Å². The van der Waals surface area contributed by atoms with Gasteiger partial charge >= 0.3 is 0 Å². The Labute approximate surface area is 228 Å². The molecule has 1 aliphatic carbocycles. The van der Waals surface area contributed by atoms with Crippen LogP contribution in [0.3, 0.4) is 0 Å². The van der Waals surface area contributed by atoms with Gasteiger partial charge in [0.25, 0.3) is 0 Å². The van der Waals surface area contributed by atoms with Crippen molar-refractivity contribution < 1.29 is 18.0 Å². The number of sulfonamides is 1. The third-order valence-corrected chi connectivity index (χ3v) is 8.78. The monoisotopic (exact) mass is 541 g/mol. The Morgan fingerprint density at radius 1 is 0.974 bits per heavy atom. The van der Waals surface area contributed by atoms with Crippen LogP contribution in [-0.2, 0) is 26.0 Å². The molecule has 208 valence electrons. The van der Waals surface area contributed by atoms with Crippen LogP contribution in [0.2, 0.25) is 0 Å². The lowest BCUT2D eigenvalue weighted by Gasteiger charge is -2.31. The number of hydrogen-bond acceptors (Lipinski definition) is 4. The first-order chi connectivity index (χ1) is 18.1. The highest BCUT2D eigenvalue weighted by Crippen LogP contribution is 2.25. The van der Waals surface area contributed by atoms with Crippen molar-refractivity contribution in [3.63, 3.8) is 0 Å². The maximum Gasteiger partial charge on any atom is 0.242 e. The number of nitrogens with zero attached hydrogens (tertiary/aromatic N) is 2. The number of amides is 2. The number of benzene rings is 2. The van der Waals surface area contributed by atoms with Gasteiger partial charge in [-0.05, 0) is 69.2 Å². The Morgan fingerprint density at radius 3 is 2.32 bits per heavy atom. The van der Waals surface area contributed by atoms with Crippen LogP contribution in [0, 0.1) is 13.8 Å². The Morgan fingerprint density at radius 2 is 1.66 bits per heavy atom. The maximum atomic E-state index is 13.5. The molecule has 0 aromatic heterocycles. The summed E-state index contributed by atoms with van der Waals surface area (Å²) in [6.07, 6.45) is 7.76. The van der Waals surface area contributed by atoms with Gasteiger partial charge in [0.1, 0.15) is 6.04 Å². The van der Waals surface area contributed by atoms with E-state index in [1.165, 1.54) is 17.0 Å². The fourth-order valence-electron chi connectivity index (χ4n) is 5.13. The number of anilines is 1. The van der Waals surface area contributed by atoms with E-state index in [-0.39, 0.29) is 30.8 Å². The molecule has 0 aliphatic heterocycles. The van der Waals surface area contributed by atoms with Gasteiger partial charge in [-0.3, -0.25) is 13.9 Å². The van der Waals surface area contributed by atoms with Crippen LogP contribution in [0.25, 0.3) is 0 Å². The fourth-order valence-corrected chi connectivity index (χ4v) is 6.14. The molecule has 0 heterocycles. The lowest BCUT2D eigenvalue weighted by molar-refractivity contribution is -0.140. The predicted molar refractivity (Wildman–Crippen MR) is 154 cm³/mol. The molecule has 0 bridgehead atoms. The lowest BCUT2D eigenvalue weighted by atomic mass is 9.95. The topological polar surface area (TPSA) is 86.8 Å². The zero-order valence-corrected chi connectivity index (χ0v) is 24.1. The van der Waals surface area contributed by atoms with E-state index >= 15 is 0 Å². The maximum absolute atomic E-state index is 13.5. The van der Waals surface area contributed by atoms with Gasteiger partial charge in [0.05, 0.1) is 11.9 Å². The molecule has 3 rings (SSSR count). The number of carbonyl (C=O) groups is 2. The first kappa shape index (κ1) is 29.7. The molecule has 1 N–H and O–H groups in total. The van der Waals surface area contributed by atoms with E-state index in [0.717, 1.165) is 42.4 Å². The summed E-state index contributed by atoms with van der Waals surface area (Å²) in [5.74, 6) is -0.256. The molecule has 2 aromatic rings. The number of nitrogens with one attached hydrogen (secondary N) is 1. The van der Waals surface area contributed by atoms with Crippen molar-refractivity contribution in [2.24, 2.45) is 0 Å². The van der Waals surface area contributed by atoms with Gasteiger partial charge in [-0.15, -0.1) is 0 Å². The summed E-state index contributed by atoms with van der Waals surface area (Å²) < 4.78 is 26.6. The van der Waals surface area contributed by atoms with Crippen LogP contribution in [0.4, 0.5) is 5.69 Å². The third kappa shape index (κ3) is 8.32. The van der Waals surface area contributed by atoms with Crippen molar-refractivity contribution in [1.82, 2.24) is 10.2 Å². The predicted octanol–water partition coefficient (Wildman–Crippen LogP) is 4.76. The first-order valence-electron chi connectivity index (χ1n) is 13.8. The molecule has 1 aliphatic rings. The summed E-state index contributed by atoms with van der Waals surface area (Å²) in [6.45, 7) is 6.28. The molecule has 0 spiro atoms. The Balaban J connectivity index is 1.69. The molecular formula is C30H43N3O4S. The van der Waals surface area contributed by atoms with Crippen LogP contribution in [0.5, 0.6) is 0 Å². The van der Waals surface area contributed by atoms with E-state index in [1.54, 1.807) is 17.9 Å². The van der Waals surface area contributed by atoms with E-state index in [0.29, 0.717) is 25.1 Å². The number of aryl methyl sites for hydroxylation is 1. The van der Waals surface area contributed by atoms with Crippen LogP contribution in [-0.4, -0.2) is 56.6 Å².